The van der Waals surface area contributed by atoms with Gasteiger partial charge in [0.1, 0.15) is 0 Å². The summed E-state index contributed by atoms with van der Waals surface area (Å²) in [6, 6.07) is 8.77. The summed E-state index contributed by atoms with van der Waals surface area (Å²) in [5.74, 6) is 1.56. The summed E-state index contributed by atoms with van der Waals surface area (Å²) in [4.78, 5) is 0. The molecular formula is C20H18Zr. The average molecular weight is 350 g/mol. The molecule has 0 radical (unpaired) electrons. The molecule has 4 rings (SSSR count). The van der Waals surface area contributed by atoms with Crippen LogP contribution in [0.2, 0.25) is 0 Å². The summed E-state index contributed by atoms with van der Waals surface area (Å²) in [5.41, 5.74) is 5.84. The largest absolute Gasteiger partial charge is 0.0758 e. The summed E-state index contributed by atoms with van der Waals surface area (Å²) in [7, 11) is 0. The fraction of sp³-hybridized carbons (Fsp3) is 0.200. The third-order valence-corrected chi connectivity index (χ3v) is 4.79. The van der Waals surface area contributed by atoms with E-state index in [-0.39, 0.29) is 26.2 Å². The molecule has 0 saturated heterocycles. The molecular weight excluding hydrogens is 331 g/mol. The molecule has 0 aromatic heterocycles. The maximum atomic E-state index is 2.37. The molecule has 0 nitrogen and oxygen atoms in total. The second-order valence-electron chi connectivity index (χ2n) is 5.86. The Morgan fingerprint density at radius 3 is 2.71 bits per heavy atom. The smallest absolute Gasteiger partial charge is 0.0237 e. The fourth-order valence-corrected chi connectivity index (χ4v) is 3.67. The van der Waals surface area contributed by atoms with Crippen molar-refractivity contribution in [2.45, 2.75) is 12.8 Å². The van der Waals surface area contributed by atoms with Gasteiger partial charge in [-0.05, 0) is 22.6 Å². The predicted octanol–water partition coefficient (Wildman–Crippen LogP) is 5.04. The molecule has 1 heteroatoms. The van der Waals surface area contributed by atoms with E-state index in [0.717, 1.165) is 0 Å². The fourth-order valence-electron chi connectivity index (χ4n) is 3.67. The van der Waals surface area contributed by atoms with Crippen molar-refractivity contribution in [3.05, 3.63) is 89.1 Å². The van der Waals surface area contributed by atoms with E-state index < -0.39 is 0 Å². The summed E-state index contributed by atoms with van der Waals surface area (Å²) >= 11 is 0. The normalized spacial score (nSPS) is 25.8. The Kier molecular flexibility index (Phi) is 4.13. The second kappa shape index (κ2) is 5.89. The Balaban J connectivity index is 0.00000132. The quantitative estimate of drug-likeness (QED) is 0.702. The van der Waals surface area contributed by atoms with Crippen LogP contribution in [0.4, 0.5) is 0 Å². The zero-order valence-corrected chi connectivity index (χ0v) is 14.6. The number of allylic oxidation sites excluding steroid dienone is 9. The van der Waals surface area contributed by atoms with Crippen molar-refractivity contribution in [1.82, 2.24) is 0 Å². The standard InChI is InChI=1S/C20H18.Zr/c1-14(17-12-10-15-6-2-4-8-19(15)17)18-13-11-16-7-3-5-9-20(16)18;/h2-14,17,20H,1H3;. The molecule has 3 unspecified atom stereocenters. The van der Waals surface area contributed by atoms with Crippen molar-refractivity contribution in [3.8, 4) is 0 Å². The van der Waals surface area contributed by atoms with E-state index in [1.165, 1.54) is 16.7 Å². The van der Waals surface area contributed by atoms with Crippen LogP contribution in [0.3, 0.4) is 0 Å². The summed E-state index contributed by atoms with van der Waals surface area (Å²) in [6.45, 7) is 2.37. The Morgan fingerprint density at radius 2 is 1.81 bits per heavy atom. The van der Waals surface area contributed by atoms with E-state index in [4.69, 9.17) is 0 Å². The van der Waals surface area contributed by atoms with E-state index in [2.05, 4.69) is 79.8 Å². The first-order valence-corrected chi connectivity index (χ1v) is 7.38. The van der Waals surface area contributed by atoms with Crippen molar-refractivity contribution < 1.29 is 26.2 Å². The Morgan fingerprint density at radius 1 is 0.952 bits per heavy atom. The molecule has 0 saturated carbocycles. The van der Waals surface area contributed by atoms with Crippen LogP contribution in [0.25, 0.3) is 6.08 Å². The summed E-state index contributed by atoms with van der Waals surface area (Å²) in [5, 5.41) is 0. The van der Waals surface area contributed by atoms with Crippen LogP contribution in [0, 0.1) is 11.8 Å². The molecule has 0 heterocycles. The molecule has 3 aliphatic rings. The minimum Gasteiger partial charge on any atom is -0.0758 e. The van der Waals surface area contributed by atoms with Gasteiger partial charge in [0.15, 0.2) is 0 Å². The third kappa shape index (κ3) is 2.42. The van der Waals surface area contributed by atoms with Gasteiger partial charge in [0.05, 0.1) is 0 Å². The first-order chi connectivity index (χ1) is 9.84. The van der Waals surface area contributed by atoms with Gasteiger partial charge in [0, 0.05) is 38.0 Å². The average Bonchev–Trinajstić information content (AvgIpc) is 3.11. The first kappa shape index (κ1) is 14.7. The van der Waals surface area contributed by atoms with E-state index in [1.807, 2.05) is 0 Å². The molecule has 102 valence electrons. The Labute approximate surface area is 145 Å². The van der Waals surface area contributed by atoms with Crippen LogP contribution in [0.15, 0.2) is 77.9 Å². The number of fused-ring (bicyclic) bond motifs is 2. The number of hydrogen-bond donors (Lipinski definition) is 0. The van der Waals surface area contributed by atoms with Crippen molar-refractivity contribution >= 4 is 6.08 Å². The van der Waals surface area contributed by atoms with Gasteiger partial charge in [-0.3, -0.25) is 0 Å². The summed E-state index contributed by atoms with van der Waals surface area (Å²) in [6.07, 6.45) is 18.1. The van der Waals surface area contributed by atoms with Crippen molar-refractivity contribution in [1.29, 1.82) is 0 Å². The topological polar surface area (TPSA) is 0 Å². The molecule has 0 bridgehead atoms. The Bertz CT molecular complexity index is 700. The van der Waals surface area contributed by atoms with Gasteiger partial charge in [-0.2, -0.15) is 0 Å². The Hall–Kier alpha value is -1.20. The minimum absolute atomic E-state index is 0. The second-order valence-corrected chi connectivity index (χ2v) is 5.86. The van der Waals surface area contributed by atoms with Crippen LogP contribution in [-0.4, -0.2) is 0 Å². The SMILES string of the molecule is CC(C1=CC=C2C=CC=CC21)C1C=Cc2ccccc21.[Zr]. The van der Waals surface area contributed by atoms with E-state index in [1.54, 1.807) is 5.57 Å². The zero-order chi connectivity index (χ0) is 13.5. The molecule has 0 fully saturated rings. The van der Waals surface area contributed by atoms with Gasteiger partial charge in [0.25, 0.3) is 0 Å². The number of hydrogen-bond acceptors (Lipinski definition) is 0. The van der Waals surface area contributed by atoms with E-state index in [0.29, 0.717) is 17.8 Å². The van der Waals surface area contributed by atoms with Crippen molar-refractivity contribution in [2.24, 2.45) is 11.8 Å². The van der Waals surface area contributed by atoms with E-state index >= 15 is 0 Å². The van der Waals surface area contributed by atoms with Crippen LogP contribution in [0.1, 0.15) is 24.0 Å². The number of benzene rings is 1. The molecule has 0 N–H and O–H groups in total. The minimum atomic E-state index is 0. The molecule has 0 spiro atoms. The van der Waals surface area contributed by atoms with Crippen LogP contribution < -0.4 is 0 Å². The van der Waals surface area contributed by atoms with Gasteiger partial charge in [-0.25, -0.2) is 0 Å². The maximum Gasteiger partial charge on any atom is 0.0237 e. The predicted molar refractivity (Wildman–Crippen MR) is 85.3 cm³/mol. The van der Waals surface area contributed by atoms with Gasteiger partial charge < -0.3 is 0 Å². The first-order valence-electron chi connectivity index (χ1n) is 7.38. The van der Waals surface area contributed by atoms with Gasteiger partial charge in [0.2, 0.25) is 0 Å². The van der Waals surface area contributed by atoms with Gasteiger partial charge in [-0.1, -0.05) is 85.4 Å². The molecule has 21 heavy (non-hydrogen) atoms. The molecule has 0 aliphatic heterocycles. The molecule has 3 atom stereocenters. The molecule has 1 aromatic carbocycles. The van der Waals surface area contributed by atoms with Crippen LogP contribution >= 0.6 is 0 Å². The number of rotatable bonds is 2. The van der Waals surface area contributed by atoms with E-state index in [9.17, 15) is 0 Å². The molecule has 0 amide bonds. The summed E-state index contributed by atoms with van der Waals surface area (Å²) < 4.78 is 0. The maximum absolute atomic E-state index is 2.37. The van der Waals surface area contributed by atoms with Gasteiger partial charge >= 0.3 is 0 Å². The van der Waals surface area contributed by atoms with Crippen molar-refractivity contribution in [3.63, 3.8) is 0 Å². The van der Waals surface area contributed by atoms with Crippen LogP contribution in [-0.2, 0) is 26.2 Å². The van der Waals surface area contributed by atoms with Gasteiger partial charge in [-0.15, -0.1) is 0 Å². The monoisotopic (exact) mass is 348 g/mol. The zero-order valence-electron chi connectivity index (χ0n) is 12.2. The third-order valence-electron chi connectivity index (χ3n) is 4.79. The van der Waals surface area contributed by atoms with Crippen LogP contribution in [0.5, 0.6) is 0 Å². The molecule has 3 aliphatic carbocycles. The van der Waals surface area contributed by atoms with Crippen molar-refractivity contribution in [2.75, 3.05) is 0 Å². The molecule has 1 aromatic rings.